The Morgan fingerprint density at radius 3 is 2.38 bits per heavy atom. The zero-order valence-corrected chi connectivity index (χ0v) is 16.4. The van der Waals surface area contributed by atoms with Crippen molar-refractivity contribution in [2.75, 3.05) is 16.7 Å². The smallest absolute Gasteiger partial charge is 0.229 e. The van der Waals surface area contributed by atoms with Crippen LogP contribution in [0.3, 0.4) is 0 Å². The maximum atomic E-state index is 12.2. The van der Waals surface area contributed by atoms with E-state index >= 15 is 0 Å². The first-order chi connectivity index (χ1) is 11.8. The average molecular weight is 398 g/mol. The molecule has 0 aromatic heterocycles. The number of para-hydroxylation sites is 2. The summed E-state index contributed by atoms with van der Waals surface area (Å²) in [5.74, 6) is -0.120. The van der Waals surface area contributed by atoms with Crippen LogP contribution < -0.4 is 15.8 Å². The SMILES string of the molecule is CC(NC(=O)CCc1ccccc1N)c1ccccc1NS(C)(=O)=O.Cl. The number of aryl methyl sites for hydroxylation is 1. The molecule has 26 heavy (non-hydrogen) atoms. The molecule has 8 heteroatoms. The molecule has 0 aliphatic heterocycles. The van der Waals surface area contributed by atoms with Gasteiger partial charge in [-0.1, -0.05) is 36.4 Å². The standard InChI is InChI=1S/C18H23N3O3S.ClH/c1-13(15-8-4-6-10-17(15)21-25(2,23)24)20-18(22)12-11-14-7-3-5-9-16(14)19;/h3-10,13,21H,11-12,19H2,1-2H3,(H,20,22);1H. The van der Waals surface area contributed by atoms with E-state index < -0.39 is 10.0 Å². The van der Waals surface area contributed by atoms with Gasteiger partial charge in [-0.25, -0.2) is 8.42 Å². The Balaban J connectivity index is 0.00000338. The minimum Gasteiger partial charge on any atom is -0.399 e. The number of nitrogens with two attached hydrogens (primary N) is 1. The van der Waals surface area contributed by atoms with Crippen LogP contribution in [0.2, 0.25) is 0 Å². The number of nitrogens with one attached hydrogen (secondary N) is 2. The summed E-state index contributed by atoms with van der Waals surface area (Å²) in [6.45, 7) is 1.82. The van der Waals surface area contributed by atoms with Crippen LogP contribution in [0.25, 0.3) is 0 Å². The summed E-state index contributed by atoms with van der Waals surface area (Å²) >= 11 is 0. The molecule has 2 aromatic rings. The van der Waals surface area contributed by atoms with Gasteiger partial charge in [0.25, 0.3) is 0 Å². The van der Waals surface area contributed by atoms with Crippen molar-refractivity contribution in [3.63, 3.8) is 0 Å². The van der Waals surface area contributed by atoms with Crippen molar-refractivity contribution in [1.82, 2.24) is 5.32 Å². The van der Waals surface area contributed by atoms with Crippen molar-refractivity contribution in [2.24, 2.45) is 0 Å². The van der Waals surface area contributed by atoms with Gasteiger partial charge in [-0.15, -0.1) is 12.4 Å². The third-order valence-electron chi connectivity index (χ3n) is 3.78. The summed E-state index contributed by atoms with van der Waals surface area (Å²) in [7, 11) is -3.39. The van der Waals surface area contributed by atoms with Gasteiger partial charge in [0, 0.05) is 12.1 Å². The first-order valence-corrected chi connectivity index (χ1v) is 9.85. The van der Waals surface area contributed by atoms with Crippen LogP contribution in [0.4, 0.5) is 11.4 Å². The molecule has 1 amide bonds. The number of benzene rings is 2. The largest absolute Gasteiger partial charge is 0.399 e. The number of hydrogen-bond donors (Lipinski definition) is 3. The monoisotopic (exact) mass is 397 g/mol. The van der Waals surface area contributed by atoms with Gasteiger partial charge in [0.05, 0.1) is 18.0 Å². The van der Waals surface area contributed by atoms with Crippen LogP contribution in [0.5, 0.6) is 0 Å². The average Bonchev–Trinajstić information content (AvgIpc) is 2.53. The lowest BCUT2D eigenvalue weighted by molar-refractivity contribution is -0.121. The number of anilines is 2. The Morgan fingerprint density at radius 1 is 1.12 bits per heavy atom. The molecule has 0 fully saturated rings. The van der Waals surface area contributed by atoms with E-state index in [1.54, 1.807) is 24.3 Å². The van der Waals surface area contributed by atoms with E-state index in [9.17, 15) is 13.2 Å². The van der Waals surface area contributed by atoms with E-state index in [4.69, 9.17) is 5.73 Å². The Morgan fingerprint density at radius 2 is 1.73 bits per heavy atom. The fourth-order valence-electron chi connectivity index (χ4n) is 2.57. The van der Waals surface area contributed by atoms with E-state index in [1.165, 1.54) is 0 Å². The molecule has 0 spiro atoms. The predicted molar refractivity (Wildman–Crippen MR) is 108 cm³/mol. The molecule has 0 saturated heterocycles. The highest BCUT2D eigenvalue weighted by molar-refractivity contribution is 7.92. The molecule has 0 saturated carbocycles. The number of hydrogen-bond acceptors (Lipinski definition) is 4. The fourth-order valence-corrected chi connectivity index (χ4v) is 3.15. The minimum absolute atomic E-state index is 0. The first kappa shape index (κ1) is 21.8. The summed E-state index contributed by atoms with van der Waals surface area (Å²) in [5.41, 5.74) is 8.66. The summed E-state index contributed by atoms with van der Waals surface area (Å²) in [6.07, 6.45) is 1.95. The van der Waals surface area contributed by atoms with E-state index in [0.29, 0.717) is 29.8 Å². The van der Waals surface area contributed by atoms with Crippen molar-refractivity contribution < 1.29 is 13.2 Å². The maximum Gasteiger partial charge on any atom is 0.229 e. The second kappa shape index (κ2) is 9.45. The quantitative estimate of drug-likeness (QED) is 0.625. The summed E-state index contributed by atoms with van der Waals surface area (Å²) in [5, 5.41) is 2.90. The van der Waals surface area contributed by atoms with Gasteiger partial charge in [-0.3, -0.25) is 9.52 Å². The van der Waals surface area contributed by atoms with Crippen LogP contribution in [-0.4, -0.2) is 20.6 Å². The van der Waals surface area contributed by atoms with Gasteiger partial charge in [0.15, 0.2) is 0 Å². The summed E-state index contributed by atoms with van der Waals surface area (Å²) in [4.78, 5) is 12.2. The highest BCUT2D eigenvalue weighted by Crippen LogP contribution is 2.23. The molecule has 0 bridgehead atoms. The predicted octanol–water partition coefficient (Wildman–Crippen LogP) is 2.87. The van der Waals surface area contributed by atoms with Crippen molar-refractivity contribution in [3.05, 3.63) is 59.7 Å². The third kappa shape index (κ3) is 6.57. The molecule has 2 rings (SSSR count). The number of nitrogen functional groups attached to an aromatic ring is 1. The second-order valence-electron chi connectivity index (χ2n) is 5.95. The Labute approximate surface area is 160 Å². The molecular weight excluding hydrogens is 374 g/mol. The van der Waals surface area contributed by atoms with E-state index in [2.05, 4.69) is 10.0 Å². The van der Waals surface area contributed by atoms with E-state index in [-0.39, 0.29) is 24.4 Å². The molecule has 0 aliphatic carbocycles. The molecule has 6 nitrogen and oxygen atoms in total. The Hall–Kier alpha value is -2.25. The fraction of sp³-hybridized carbons (Fsp3) is 0.278. The molecule has 4 N–H and O–H groups in total. The molecule has 1 unspecified atom stereocenters. The van der Waals surface area contributed by atoms with Crippen LogP contribution in [0, 0.1) is 0 Å². The van der Waals surface area contributed by atoms with Gasteiger partial charge >= 0.3 is 0 Å². The molecule has 0 radical (unpaired) electrons. The number of sulfonamides is 1. The lowest BCUT2D eigenvalue weighted by Gasteiger charge is -2.18. The number of carbonyl (C=O) groups excluding carboxylic acids is 1. The second-order valence-corrected chi connectivity index (χ2v) is 7.70. The van der Waals surface area contributed by atoms with Crippen LogP contribution >= 0.6 is 12.4 Å². The summed E-state index contributed by atoms with van der Waals surface area (Å²) in [6, 6.07) is 14.1. The van der Waals surface area contributed by atoms with Gasteiger partial charge in [-0.05, 0) is 36.6 Å². The van der Waals surface area contributed by atoms with Gasteiger partial charge in [0.1, 0.15) is 0 Å². The molecule has 1 atom stereocenters. The zero-order valence-electron chi connectivity index (χ0n) is 14.7. The number of rotatable bonds is 7. The van der Waals surface area contributed by atoms with Crippen molar-refractivity contribution in [3.8, 4) is 0 Å². The summed E-state index contributed by atoms with van der Waals surface area (Å²) < 4.78 is 25.4. The molecule has 0 aliphatic rings. The van der Waals surface area contributed by atoms with Crippen molar-refractivity contribution in [1.29, 1.82) is 0 Å². The van der Waals surface area contributed by atoms with Gasteiger partial charge < -0.3 is 11.1 Å². The van der Waals surface area contributed by atoms with Crippen LogP contribution in [-0.2, 0) is 21.2 Å². The highest BCUT2D eigenvalue weighted by atomic mass is 35.5. The maximum absolute atomic E-state index is 12.2. The lowest BCUT2D eigenvalue weighted by atomic mass is 10.0. The number of amides is 1. The molecular formula is C18H24ClN3O3S. The van der Waals surface area contributed by atoms with Crippen molar-refractivity contribution >= 4 is 39.7 Å². The third-order valence-corrected chi connectivity index (χ3v) is 4.37. The normalized spacial score (nSPS) is 11.9. The minimum atomic E-state index is -3.39. The molecule has 0 heterocycles. The van der Waals surface area contributed by atoms with E-state index in [1.807, 2.05) is 31.2 Å². The lowest BCUT2D eigenvalue weighted by Crippen LogP contribution is -2.27. The van der Waals surface area contributed by atoms with Gasteiger partial charge in [0.2, 0.25) is 15.9 Å². The highest BCUT2D eigenvalue weighted by Gasteiger charge is 2.15. The van der Waals surface area contributed by atoms with Gasteiger partial charge in [-0.2, -0.15) is 0 Å². The number of halogens is 1. The number of carbonyl (C=O) groups is 1. The van der Waals surface area contributed by atoms with E-state index in [0.717, 1.165) is 11.8 Å². The van der Waals surface area contributed by atoms with Crippen molar-refractivity contribution in [2.45, 2.75) is 25.8 Å². The first-order valence-electron chi connectivity index (χ1n) is 7.96. The van der Waals surface area contributed by atoms with Crippen LogP contribution in [0.15, 0.2) is 48.5 Å². The topological polar surface area (TPSA) is 101 Å². The van der Waals surface area contributed by atoms with Crippen LogP contribution in [0.1, 0.15) is 30.5 Å². The Kier molecular flexibility index (Phi) is 7.92. The Bertz CT molecular complexity index is 856. The molecule has 142 valence electrons. The molecule has 2 aromatic carbocycles. The zero-order chi connectivity index (χ0) is 18.4.